The molecule has 3 heterocycles. The average Bonchev–Trinajstić information content (AvgIpc) is 2.53. The maximum atomic E-state index is 15.0. The van der Waals surface area contributed by atoms with Crippen LogP contribution in [-0.4, -0.2) is 37.4 Å². The van der Waals surface area contributed by atoms with E-state index >= 15 is 8.78 Å². The summed E-state index contributed by atoms with van der Waals surface area (Å²) in [6.45, 7) is 0.00997. The molecule has 24 heavy (non-hydrogen) atoms. The number of benzene rings is 1. The average molecular weight is 339 g/mol. The minimum absolute atomic E-state index is 0.0342. The van der Waals surface area contributed by atoms with E-state index in [1.807, 2.05) is 0 Å². The van der Waals surface area contributed by atoms with Crippen molar-refractivity contribution < 1.29 is 23.0 Å². The zero-order valence-electron chi connectivity index (χ0n) is 13.1. The molecule has 0 unspecified atom stereocenters. The zero-order valence-corrected chi connectivity index (χ0v) is 13.1. The Bertz CT molecular complexity index is 704. The smallest absolute Gasteiger partial charge is 0.310 e. The summed E-state index contributed by atoms with van der Waals surface area (Å²) in [6, 6.07) is 4.48. The van der Waals surface area contributed by atoms with E-state index in [1.54, 1.807) is 12.1 Å². The van der Waals surface area contributed by atoms with Crippen molar-refractivity contribution in [1.82, 2.24) is 0 Å². The lowest BCUT2D eigenvalue weighted by Gasteiger charge is -2.51. The van der Waals surface area contributed by atoms with Gasteiger partial charge in [-0.2, -0.15) is 8.78 Å². The van der Waals surface area contributed by atoms with E-state index in [0.29, 0.717) is 24.5 Å². The van der Waals surface area contributed by atoms with Crippen LogP contribution in [0.15, 0.2) is 23.2 Å². The number of nitrogens with zero attached hydrogens (tertiary/aromatic N) is 1. The Morgan fingerprint density at radius 3 is 2.75 bits per heavy atom. The highest BCUT2D eigenvalue weighted by Gasteiger charge is 2.65. The summed E-state index contributed by atoms with van der Waals surface area (Å²) in [6.07, 6.45) is 1.32. The standard InChI is InChI=1S/C16H19F2N3O3/c17-16(18)9-23-13(20)21-15(16)7-14(4-1-5-22-8-14)24-12-3-2-10(19)6-11(12)15/h2-3,6H,1,4-5,7-9,19H2,(H2,20,21)/t14-,15-/m1/s1. The van der Waals surface area contributed by atoms with Crippen LogP contribution in [0, 0.1) is 0 Å². The van der Waals surface area contributed by atoms with Crippen molar-refractivity contribution in [2.75, 3.05) is 25.6 Å². The lowest BCUT2D eigenvalue weighted by atomic mass is 9.71. The molecule has 4 rings (SSSR count). The Morgan fingerprint density at radius 2 is 2.00 bits per heavy atom. The summed E-state index contributed by atoms with van der Waals surface area (Å²) in [5.74, 6) is -2.90. The van der Waals surface area contributed by atoms with Crippen LogP contribution < -0.4 is 16.2 Å². The molecule has 2 atom stereocenters. The Labute approximate surface area is 137 Å². The van der Waals surface area contributed by atoms with Gasteiger partial charge in [0.05, 0.1) is 6.61 Å². The third-order valence-corrected chi connectivity index (χ3v) is 4.95. The van der Waals surface area contributed by atoms with Crippen molar-refractivity contribution in [2.45, 2.75) is 36.3 Å². The highest BCUT2D eigenvalue weighted by Crippen LogP contribution is 2.56. The number of fused-ring (bicyclic) bond motifs is 2. The molecular formula is C16H19F2N3O3. The van der Waals surface area contributed by atoms with E-state index in [2.05, 4.69) is 4.99 Å². The summed E-state index contributed by atoms with van der Waals surface area (Å²) in [4.78, 5) is 4.09. The molecule has 1 fully saturated rings. The fourth-order valence-corrected chi connectivity index (χ4v) is 3.85. The summed E-state index contributed by atoms with van der Waals surface area (Å²) in [5.41, 5.74) is 9.39. The molecule has 0 bridgehead atoms. The van der Waals surface area contributed by atoms with Crippen LogP contribution in [0.25, 0.3) is 0 Å². The van der Waals surface area contributed by atoms with Crippen molar-refractivity contribution >= 4 is 11.7 Å². The van der Waals surface area contributed by atoms with E-state index < -0.39 is 23.7 Å². The van der Waals surface area contributed by atoms with Gasteiger partial charge in [0.1, 0.15) is 11.4 Å². The van der Waals surface area contributed by atoms with Crippen LogP contribution in [0.2, 0.25) is 0 Å². The first-order valence-corrected chi connectivity index (χ1v) is 7.89. The quantitative estimate of drug-likeness (QED) is 0.703. The normalized spacial score (nSPS) is 34.2. The maximum Gasteiger partial charge on any atom is 0.310 e. The molecular weight excluding hydrogens is 320 g/mol. The zero-order chi connectivity index (χ0) is 17.0. The number of ether oxygens (including phenoxy) is 3. The highest BCUT2D eigenvalue weighted by atomic mass is 19.3. The number of amidine groups is 1. The summed E-state index contributed by atoms with van der Waals surface area (Å²) < 4.78 is 46.5. The summed E-state index contributed by atoms with van der Waals surface area (Å²) in [7, 11) is 0. The first kappa shape index (κ1) is 15.4. The molecule has 3 aliphatic heterocycles. The third kappa shape index (κ3) is 2.12. The molecule has 0 saturated carbocycles. The summed E-state index contributed by atoms with van der Waals surface area (Å²) in [5, 5.41) is 0. The number of hydrogen-bond donors (Lipinski definition) is 2. The Kier molecular flexibility index (Phi) is 3.19. The van der Waals surface area contributed by atoms with Crippen LogP contribution in [0.1, 0.15) is 24.8 Å². The monoisotopic (exact) mass is 339 g/mol. The Hall–Kier alpha value is -2.09. The molecule has 130 valence electrons. The number of anilines is 1. The van der Waals surface area contributed by atoms with Gasteiger partial charge in [0.25, 0.3) is 6.02 Å². The number of nitrogens with two attached hydrogens (primary N) is 2. The number of nitrogen functional groups attached to an aromatic ring is 1. The third-order valence-electron chi connectivity index (χ3n) is 4.95. The minimum atomic E-state index is -3.24. The van der Waals surface area contributed by atoms with Gasteiger partial charge in [-0.25, -0.2) is 4.99 Å². The lowest BCUT2D eigenvalue weighted by molar-refractivity contribution is -0.170. The molecule has 0 amide bonds. The first-order chi connectivity index (χ1) is 11.4. The molecule has 1 aromatic carbocycles. The van der Waals surface area contributed by atoms with Gasteiger partial charge in [0.2, 0.25) is 0 Å². The fraction of sp³-hybridized carbons (Fsp3) is 0.562. The van der Waals surface area contributed by atoms with Gasteiger partial charge in [0, 0.05) is 24.3 Å². The van der Waals surface area contributed by atoms with Crippen LogP contribution in [0.3, 0.4) is 0 Å². The number of aliphatic imine (C=N–C) groups is 1. The molecule has 0 aliphatic carbocycles. The topological polar surface area (TPSA) is 92.1 Å². The van der Waals surface area contributed by atoms with Gasteiger partial charge in [-0.05, 0) is 31.0 Å². The van der Waals surface area contributed by atoms with Crippen LogP contribution in [0.5, 0.6) is 5.75 Å². The van der Waals surface area contributed by atoms with E-state index in [1.165, 1.54) is 6.07 Å². The maximum absolute atomic E-state index is 15.0. The first-order valence-electron chi connectivity index (χ1n) is 7.89. The molecule has 2 spiro atoms. The second-order valence-electron chi connectivity index (χ2n) is 6.68. The Balaban J connectivity index is 1.94. The van der Waals surface area contributed by atoms with Crippen LogP contribution >= 0.6 is 0 Å². The molecule has 1 saturated heterocycles. The SMILES string of the molecule is NC1=N[C@@]2(C[C@@]3(CCCOC3)Oc3ccc(N)cc32)C(F)(F)CO1. The number of hydrogen-bond acceptors (Lipinski definition) is 6. The summed E-state index contributed by atoms with van der Waals surface area (Å²) >= 11 is 0. The van der Waals surface area contributed by atoms with E-state index in [9.17, 15) is 0 Å². The van der Waals surface area contributed by atoms with E-state index in [4.69, 9.17) is 25.7 Å². The number of rotatable bonds is 0. The van der Waals surface area contributed by atoms with Crippen molar-refractivity contribution in [3.05, 3.63) is 23.8 Å². The minimum Gasteiger partial charge on any atom is -0.484 e. The molecule has 0 radical (unpaired) electrons. The van der Waals surface area contributed by atoms with Gasteiger partial charge < -0.3 is 25.7 Å². The number of halogens is 2. The predicted molar refractivity (Wildman–Crippen MR) is 83.1 cm³/mol. The van der Waals surface area contributed by atoms with Crippen LogP contribution in [-0.2, 0) is 15.0 Å². The molecule has 8 heteroatoms. The fourth-order valence-electron chi connectivity index (χ4n) is 3.85. The van der Waals surface area contributed by atoms with Crippen LogP contribution in [0.4, 0.5) is 14.5 Å². The van der Waals surface area contributed by atoms with E-state index in [-0.39, 0.29) is 24.6 Å². The molecule has 1 aromatic rings. The molecule has 6 nitrogen and oxygen atoms in total. The molecule has 0 aromatic heterocycles. The second-order valence-corrected chi connectivity index (χ2v) is 6.68. The predicted octanol–water partition coefficient (Wildman–Crippen LogP) is 1.78. The van der Waals surface area contributed by atoms with Crippen molar-refractivity contribution in [1.29, 1.82) is 0 Å². The largest absolute Gasteiger partial charge is 0.484 e. The van der Waals surface area contributed by atoms with Crippen molar-refractivity contribution in [3.8, 4) is 5.75 Å². The van der Waals surface area contributed by atoms with Crippen molar-refractivity contribution in [3.63, 3.8) is 0 Å². The molecule has 4 N–H and O–H groups in total. The number of alkyl halides is 2. The Morgan fingerprint density at radius 1 is 1.17 bits per heavy atom. The second kappa shape index (κ2) is 4.95. The van der Waals surface area contributed by atoms with E-state index in [0.717, 1.165) is 6.42 Å². The highest BCUT2D eigenvalue weighted by molar-refractivity contribution is 5.74. The van der Waals surface area contributed by atoms with Gasteiger partial charge in [-0.3, -0.25) is 0 Å². The van der Waals surface area contributed by atoms with Gasteiger partial charge in [-0.15, -0.1) is 0 Å². The van der Waals surface area contributed by atoms with Gasteiger partial charge >= 0.3 is 5.92 Å². The van der Waals surface area contributed by atoms with Crippen molar-refractivity contribution in [2.24, 2.45) is 10.7 Å². The van der Waals surface area contributed by atoms with Gasteiger partial charge in [-0.1, -0.05) is 0 Å². The van der Waals surface area contributed by atoms with Gasteiger partial charge in [0.15, 0.2) is 12.1 Å². The molecule has 3 aliphatic rings. The lowest BCUT2D eigenvalue weighted by Crippen LogP contribution is -2.61.